The predicted molar refractivity (Wildman–Crippen MR) is 124 cm³/mol. The van der Waals surface area contributed by atoms with Crippen LogP contribution in [0.3, 0.4) is 0 Å². The molecule has 0 aliphatic rings. The number of nitrogens with one attached hydrogen (secondary N) is 2. The lowest BCUT2D eigenvalue weighted by Crippen LogP contribution is -2.42. The van der Waals surface area contributed by atoms with Gasteiger partial charge in [0.25, 0.3) is 0 Å². The fourth-order valence-corrected chi connectivity index (χ4v) is 3.52. The summed E-state index contributed by atoms with van der Waals surface area (Å²) >= 11 is 1.87. The van der Waals surface area contributed by atoms with Crippen molar-refractivity contribution in [2.45, 2.75) is 66.5 Å². The molecule has 0 saturated carbocycles. The number of aryl methyl sites for hydroxylation is 1. The maximum Gasteiger partial charge on any atom is 0.191 e. The Kier molecular flexibility index (Phi) is 14.6. The molecule has 25 heavy (non-hydrogen) atoms. The lowest BCUT2D eigenvalue weighted by atomic mass is 10.2. The molecule has 2 N–H and O–H groups in total. The van der Waals surface area contributed by atoms with Crippen molar-refractivity contribution in [2.75, 3.05) is 26.2 Å². The third kappa shape index (κ3) is 10.4. The van der Waals surface area contributed by atoms with Crippen molar-refractivity contribution in [1.29, 1.82) is 0 Å². The summed E-state index contributed by atoms with van der Waals surface area (Å²) in [6, 6.07) is 4.85. The van der Waals surface area contributed by atoms with E-state index in [0.29, 0.717) is 6.04 Å². The van der Waals surface area contributed by atoms with Crippen LogP contribution in [0.25, 0.3) is 0 Å². The van der Waals surface area contributed by atoms with Gasteiger partial charge in [-0.3, -0.25) is 0 Å². The van der Waals surface area contributed by atoms with Gasteiger partial charge < -0.3 is 15.5 Å². The van der Waals surface area contributed by atoms with Crippen molar-refractivity contribution in [3.8, 4) is 0 Å². The van der Waals surface area contributed by atoms with Crippen molar-refractivity contribution < 1.29 is 0 Å². The molecule has 4 nitrogen and oxygen atoms in total. The summed E-state index contributed by atoms with van der Waals surface area (Å²) in [4.78, 5) is 9.99. The van der Waals surface area contributed by atoms with E-state index in [1.165, 1.54) is 29.1 Å². The molecule has 0 fully saturated rings. The molecule has 0 aromatic carbocycles. The van der Waals surface area contributed by atoms with Gasteiger partial charge in [0.05, 0.1) is 6.54 Å². The molecule has 146 valence electrons. The molecule has 0 radical (unpaired) electrons. The summed E-state index contributed by atoms with van der Waals surface area (Å²) in [7, 11) is 0. The molecule has 6 heteroatoms. The van der Waals surface area contributed by atoms with Gasteiger partial charge in [0.1, 0.15) is 0 Å². The normalized spacial score (nSPS) is 12.8. The number of guanidine groups is 1. The van der Waals surface area contributed by atoms with Gasteiger partial charge in [-0.25, -0.2) is 4.99 Å². The Balaban J connectivity index is 0.00000576. The van der Waals surface area contributed by atoms with E-state index < -0.39 is 0 Å². The zero-order chi connectivity index (χ0) is 17.8. The SMILES string of the molecule is CCNC(=NCc1ccc(CC)s1)NC(C)CCCN(CC)CC.I. The fraction of sp³-hybridized carbons (Fsp3) is 0.737. The Labute approximate surface area is 175 Å². The van der Waals surface area contributed by atoms with Gasteiger partial charge in [-0.05, 0) is 64.9 Å². The van der Waals surface area contributed by atoms with E-state index in [1.807, 2.05) is 11.3 Å². The largest absolute Gasteiger partial charge is 0.357 e. The lowest BCUT2D eigenvalue weighted by molar-refractivity contribution is 0.292. The lowest BCUT2D eigenvalue weighted by Gasteiger charge is -2.21. The summed E-state index contributed by atoms with van der Waals surface area (Å²) < 4.78 is 0. The van der Waals surface area contributed by atoms with Crippen LogP contribution < -0.4 is 10.6 Å². The number of nitrogens with zero attached hydrogens (tertiary/aromatic N) is 2. The van der Waals surface area contributed by atoms with Crippen LogP contribution in [-0.2, 0) is 13.0 Å². The van der Waals surface area contributed by atoms with Gasteiger partial charge in [0.15, 0.2) is 5.96 Å². The summed E-state index contributed by atoms with van der Waals surface area (Å²) in [6.07, 6.45) is 3.50. The molecule has 1 unspecified atom stereocenters. The smallest absolute Gasteiger partial charge is 0.191 e. The summed E-state index contributed by atoms with van der Waals surface area (Å²) in [5, 5.41) is 6.90. The number of halogens is 1. The highest BCUT2D eigenvalue weighted by atomic mass is 127. The number of thiophene rings is 1. The van der Waals surface area contributed by atoms with E-state index in [0.717, 1.165) is 38.6 Å². The van der Waals surface area contributed by atoms with Gasteiger partial charge in [-0.15, -0.1) is 35.3 Å². The van der Waals surface area contributed by atoms with Gasteiger partial charge in [-0.1, -0.05) is 20.8 Å². The highest BCUT2D eigenvalue weighted by Crippen LogP contribution is 2.17. The zero-order valence-electron chi connectivity index (χ0n) is 16.6. The minimum Gasteiger partial charge on any atom is -0.357 e. The van der Waals surface area contributed by atoms with Crippen molar-refractivity contribution in [1.82, 2.24) is 15.5 Å². The monoisotopic (exact) mass is 480 g/mol. The standard InChI is InChI=1S/C19H36N4S.HI/c1-6-17-12-13-18(24-17)15-21-19(20-7-2)22-16(5)11-10-14-23(8-3)9-4;/h12-13,16H,6-11,14-15H2,1-5H3,(H2,20,21,22);1H. The van der Waals surface area contributed by atoms with Crippen LogP contribution in [0, 0.1) is 0 Å². The Morgan fingerprint density at radius 1 is 1.16 bits per heavy atom. The Bertz CT molecular complexity index is 472. The van der Waals surface area contributed by atoms with Crippen LogP contribution in [0.2, 0.25) is 0 Å². The molecule has 0 bridgehead atoms. The second-order valence-corrected chi connectivity index (χ2v) is 7.38. The van der Waals surface area contributed by atoms with Gasteiger partial charge in [0.2, 0.25) is 0 Å². The van der Waals surface area contributed by atoms with Crippen LogP contribution in [0.4, 0.5) is 0 Å². The van der Waals surface area contributed by atoms with E-state index in [9.17, 15) is 0 Å². The number of rotatable bonds is 11. The molecule has 0 saturated heterocycles. The molecule has 1 atom stereocenters. The molecular formula is C19H37IN4S. The zero-order valence-corrected chi connectivity index (χ0v) is 19.7. The van der Waals surface area contributed by atoms with Crippen molar-refractivity contribution in [3.63, 3.8) is 0 Å². The second-order valence-electron chi connectivity index (χ2n) is 6.13. The quantitative estimate of drug-likeness (QED) is 0.279. The first-order chi connectivity index (χ1) is 11.6. The molecule has 1 aromatic heterocycles. The first-order valence-electron chi connectivity index (χ1n) is 9.47. The molecule has 0 aliphatic heterocycles. The Morgan fingerprint density at radius 3 is 2.40 bits per heavy atom. The van der Waals surface area contributed by atoms with E-state index in [2.05, 4.69) is 62.3 Å². The predicted octanol–water partition coefficient (Wildman–Crippen LogP) is 4.49. The third-order valence-corrected chi connectivity index (χ3v) is 5.41. The van der Waals surface area contributed by atoms with Crippen molar-refractivity contribution in [3.05, 3.63) is 21.9 Å². The molecule has 0 amide bonds. The van der Waals surface area contributed by atoms with Crippen LogP contribution in [0.5, 0.6) is 0 Å². The first-order valence-corrected chi connectivity index (χ1v) is 10.3. The number of hydrogen-bond donors (Lipinski definition) is 2. The number of aliphatic imine (C=N–C) groups is 1. The average molecular weight is 481 g/mol. The first kappa shape index (κ1) is 24.7. The van der Waals surface area contributed by atoms with Crippen molar-refractivity contribution >= 4 is 41.3 Å². The van der Waals surface area contributed by atoms with Gasteiger partial charge >= 0.3 is 0 Å². The molecule has 1 heterocycles. The maximum absolute atomic E-state index is 4.74. The number of hydrogen-bond acceptors (Lipinski definition) is 3. The summed E-state index contributed by atoms with van der Waals surface area (Å²) in [6.45, 7) is 16.1. The van der Waals surface area contributed by atoms with E-state index in [-0.39, 0.29) is 24.0 Å². The topological polar surface area (TPSA) is 39.7 Å². The van der Waals surface area contributed by atoms with E-state index in [1.54, 1.807) is 0 Å². The fourth-order valence-electron chi connectivity index (χ4n) is 2.64. The highest BCUT2D eigenvalue weighted by molar-refractivity contribution is 14.0. The minimum absolute atomic E-state index is 0. The van der Waals surface area contributed by atoms with Crippen LogP contribution in [0.1, 0.15) is 57.2 Å². The second kappa shape index (κ2) is 14.8. The van der Waals surface area contributed by atoms with Gasteiger partial charge in [0, 0.05) is 22.3 Å². The maximum atomic E-state index is 4.74. The Morgan fingerprint density at radius 2 is 1.84 bits per heavy atom. The van der Waals surface area contributed by atoms with Gasteiger partial charge in [-0.2, -0.15) is 0 Å². The summed E-state index contributed by atoms with van der Waals surface area (Å²) in [5.74, 6) is 0.930. The minimum atomic E-state index is 0. The third-order valence-electron chi connectivity index (χ3n) is 4.19. The van der Waals surface area contributed by atoms with Crippen molar-refractivity contribution in [2.24, 2.45) is 4.99 Å². The molecule has 0 spiro atoms. The van der Waals surface area contributed by atoms with Crippen LogP contribution >= 0.6 is 35.3 Å². The summed E-state index contributed by atoms with van der Waals surface area (Å²) in [5.41, 5.74) is 0. The molecular weight excluding hydrogens is 443 g/mol. The molecule has 1 aromatic rings. The molecule has 0 aliphatic carbocycles. The van der Waals surface area contributed by atoms with Crippen LogP contribution in [0.15, 0.2) is 17.1 Å². The average Bonchev–Trinajstić information content (AvgIpc) is 3.05. The van der Waals surface area contributed by atoms with E-state index >= 15 is 0 Å². The molecule has 1 rings (SSSR count). The highest BCUT2D eigenvalue weighted by Gasteiger charge is 2.07. The Hall–Kier alpha value is -0.340. The van der Waals surface area contributed by atoms with E-state index in [4.69, 9.17) is 4.99 Å². The van der Waals surface area contributed by atoms with Crippen LogP contribution in [-0.4, -0.2) is 43.1 Å².